The van der Waals surface area contributed by atoms with E-state index in [0.717, 1.165) is 28.3 Å². The molecule has 0 amide bonds. The number of ether oxygens (including phenoxy) is 1. The Hall–Kier alpha value is -1.96. The molecule has 0 fully saturated rings. The van der Waals surface area contributed by atoms with Gasteiger partial charge in [-0.25, -0.2) is 0 Å². The molecule has 0 saturated carbocycles. The number of nitrogens with two attached hydrogens (primary N) is 1. The molecule has 17 heavy (non-hydrogen) atoms. The Morgan fingerprint density at radius 3 is 1.88 bits per heavy atom. The number of rotatable bonds is 2. The molecule has 0 heterocycles. The van der Waals surface area contributed by atoms with Crippen LogP contribution in [0.15, 0.2) is 36.4 Å². The van der Waals surface area contributed by atoms with Gasteiger partial charge in [-0.2, -0.15) is 0 Å². The number of hydrogen-bond acceptors (Lipinski definition) is 2. The van der Waals surface area contributed by atoms with Crippen LogP contribution in [0.25, 0.3) is 0 Å². The Bertz CT molecular complexity index is 506. The van der Waals surface area contributed by atoms with E-state index < -0.39 is 0 Å². The Morgan fingerprint density at radius 1 is 0.824 bits per heavy atom. The van der Waals surface area contributed by atoms with Crippen molar-refractivity contribution in [3.63, 3.8) is 0 Å². The Balaban J connectivity index is 2.27. The van der Waals surface area contributed by atoms with Crippen LogP contribution in [0.4, 0.5) is 5.69 Å². The highest BCUT2D eigenvalue weighted by atomic mass is 16.5. The fourth-order valence-corrected chi connectivity index (χ4v) is 1.74. The zero-order valence-corrected chi connectivity index (χ0v) is 10.4. The largest absolute Gasteiger partial charge is 0.457 e. The van der Waals surface area contributed by atoms with Crippen molar-refractivity contribution in [1.82, 2.24) is 0 Å². The summed E-state index contributed by atoms with van der Waals surface area (Å²) in [5, 5.41) is 0. The van der Waals surface area contributed by atoms with Gasteiger partial charge < -0.3 is 10.5 Å². The Morgan fingerprint density at radius 2 is 1.35 bits per heavy atom. The quantitative estimate of drug-likeness (QED) is 0.787. The number of nitrogen functional groups attached to an aromatic ring is 1. The summed E-state index contributed by atoms with van der Waals surface area (Å²) in [5.41, 5.74) is 10.1. The maximum Gasteiger partial charge on any atom is 0.128 e. The highest BCUT2D eigenvalue weighted by molar-refractivity contribution is 5.56. The number of anilines is 1. The first-order chi connectivity index (χ1) is 8.06. The second-order valence-corrected chi connectivity index (χ2v) is 4.39. The van der Waals surface area contributed by atoms with Crippen molar-refractivity contribution in [2.45, 2.75) is 20.8 Å². The standard InChI is InChI=1S/C15H17NO/c1-10-4-6-13(7-5-10)17-14-8-11(2)15(16)12(3)9-14/h4-9H,16H2,1-3H3. The molecule has 0 bridgehead atoms. The highest BCUT2D eigenvalue weighted by Gasteiger charge is 2.03. The van der Waals surface area contributed by atoms with Gasteiger partial charge in [0.1, 0.15) is 11.5 Å². The molecule has 2 aromatic carbocycles. The van der Waals surface area contributed by atoms with Gasteiger partial charge in [-0.1, -0.05) is 17.7 Å². The summed E-state index contributed by atoms with van der Waals surface area (Å²) in [4.78, 5) is 0. The first-order valence-electron chi connectivity index (χ1n) is 5.67. The maximum absolute atomic E-state index is 5.91. The van der Waals surface area contributed by atoms with Crippen LogP contribution in [0.1, 0.15) is 16.7 Å². The molecule has 0 saturated heterocycles. The third kappa shape index (κ3) is 2.59. The van der Waals surface area contributed by atoms with Crippen LogP contribution in [-0.2, 0) is 0 Å². The monoisotopic (exact) mass is 227 g/mol. The molecule has 2 aromatic rings. The summed E-state index contributed by atoms with van der Waals surface area (Å²) >= 11 is 0. The van der Waals surface area contributed by atoms with Crippen molar-refractivity contribution in [3.8, 4) is 11.5 Å². The first kappa shape index (κ1) is 11.5. The molecule has 0 aliphatic heterocycles. The average molecular weight is 227 g/mol. The Kier molecular flexibility index (Phi) is 3.05. The van der Waals surface area contributed by atoms with Crippen molar-refractivity contribution < 1.29 is 4.74 Å². The van der Waals surface area contributed by atoms with Gasteiger partial charge in [0.2, 0.25) is 0 Å². The van der Waals surface area contributed by atoms with E-state index in [4.69, 9.17) is 10.5 Å². The van der Waals surface area contributed by atoms with E-state index in [0.29, 0.717) is 0 Å². The van der Waals surface area contributed by atoms with Crippen molar-refractivity contribution in [3.05, 3.63) is 53.1 Å². The van der Waals surface area contributed by atoms with Crippen LogP contribution < -0.4 is 10.5 Å². The van der Waals surface area contributed by atoms with Crippen LogP contribution in [0, 0.1) is 20.8 Å². The van der Waals surface area contributed by atoms with E-state index in [1.165, 1.54) is 5.56 Å². The predicted octanol–water partition coefficient (Wildman–Crippen LogP) is 3.99. The van der Waals surface area contributed by atoms with Gasteiger partial charge in [0, 0.05) is 5.69 Å². The van der Waals surface area contributed by atoms with E-state index in [2.05, 4.69) is 6.92 Å². The summed E-state index contributed by atoms with van der Waals surface area (Å²) < 4.78 is 5.79. The molecule has 0 atom stereocenters. The molecule has 0 aliphatic carbocycles. The molecular weight excluding hydrogens is 210 g/mol. The lowest BCUT2D eigenvalue weighted by molar-refractivity contribution is 0.482. The van der Waals surface area contributed by atoms with Crippen molar-refractivity contribution >= 4 is 5.69 Å². The molecule has 0 spiro atoms. The van der Waals surface area contributed by atoms with Crippen LogP contribution >= 0.6 is 0 Å². The molecule has 0 aliphatic rings. The lowest BCUT2D eigenvalue weighted by atomic mass is 10.1. The molecule has 2 nitrogen and oxygen atoms in total. The zero-order chi connectivity index (χ0) is 12.4. The minimum atomic E-state index is 0.832. The fourth-order valence-electron chi connectivity index (χ4n) is 1.74. The normalized spacial score (nSPS) is 10.3. The second-order valence-electron chi connectivity index (χ2n) is 4.39. The molecular formula is C15H17NO. The third-order valence-corrected chi connectivity index (χ3v) is 2.82. The van der Waals surface area contributed by atoms with Gasteiger partial charge in [-0.05, 0) is 56.2 Å². The van der Waals surface area contributed by atoms with Gasteiger partial charge in [-0.15, -0.1) is 0 Å². The third-order valence-electron chi connectivity index (χ3n) is 2.82. The topological polar surface area (TPSA) is 35.2 Å². The van der Waals surface area contributed by atoms with Crippen molar-refractivity contribution in [2.75, 3.05) is 5.73 Å². The van der Waals surface area contributed by atoms with E-state index in [9.17, 15) is 0 Å². The molecule has 88 valence electrons. The van der Waals surface area contributed by atoms with E-state index in [1.807, 2.05) is 50.2 Å². The highest BCUT2D eigenvalue weighted by Crippen LogP contribution is 2.27. The van der Waals surface area contributed by atoms with E-state index >= 15 is 0 Å². The van der Waals surface area contributed by atoms with Gasteiger partial charge in [0.15, 0.2) is 0 Å². The smallest absolute Gasteiger partial charge is 0.128 e. The number of hydrogen-bond donors (Lipinski definition) is 1. The minimum Gasteiger partial charge on any atom is -0.457 e. The zero-order valence-electron chi connectivity index (χ0n) is 10.4. The van der Waals surface area contributed by atoms with Crippen LogP contribution in [0.5, 0.6) is 11.5 Å². The van der Waals surface area contributed by atoms with Gasteiger partial charge >= 0.3 is 0 Å². The number of aryl methyl sites for hydroxylation is 3. The van der Waals surface area contributed by atoms with E-state index in [-0.39, 0.29) is 0 Å². The summed E-state index contributed by atoms with van der Waals surface area (Å²) in [6, 6.07) is 11.9. The second kappa shape index (κ2) is 4.50. The first-order valence-corrected chi connectivity index (χ1v) is 5.67. The van der Waals surface area contributed by atoms with Gasteiger partial charge in [-0.3, -0.25) is 0 Å². The summed E-state index contributed by atoms with van der Waals surface area (Å²) in [5.74, 6) is 1.68. The molecule has 2 N–H and O–H groups in total. The average Bonchev–Trinajstić information content (AvgIpc) is 2.29. The fraction of sp³-hybridized carbons (Fsp3) is 0.200. The van der Waals surface area contributed by atoms with Crippen molar-refractivity contribution in [2.24, 2.45) is 0 Å². The molecule has 0 unspecified atom stereocenters. The van der Waals surface area contributed by atoms with Crippen molar-refractivity contribution in [1.29, 1.82) is 0 Å². The Labute approximate surface area is 102 Å². The minimum absolute atomic E-state index is 0.832. The van der Waals surface area contributed by atoms with Crippen LogP contribution in [-0.4, -0.2) is 0 Å². The number of benzene rings is 2. The van der Waals surface area contributed by atoms with E-state index in [1.54, 1.807) is 0 Å². The summed E-state index contributed by atoms with van der Waals surface area (Å²) in [7, 11) is 0. The maximum atomic E-state index is 5.91. The summed E-state index contributed by atoms with van der Waals surface area (Å²) in [6.07, 6.45) is 0. The van der Waals surface area contributed by atoms with Crippen LogP contribution in [0.2, 0.25) is 0 Å². The lowest BCUT2D eigenvalue weighted by Crippen LogP contribution is -1.94. The molecule has 2 heteroatoms. The predicted molar refractivity (Wildman–Crippen MR) is 71.6 cm³/mol. The van der Waals surface area contributed by atoms with Crippen LogP contribution in [0.3, 0.4) is 0 Å². The SMILES string of the molecule is Cc1ccc(Oc2cc(C)c(N)c(C)c2)cc1. The molecule has 2 rings (SSSR count). The van der Waals surface area contributed by atoms with Gasteiger partial charge in [0.05, 0.1) is 0 Å². The molecule has 0 radical (unpaired) electrons. The van der Waals surface area contributed by atoms with Gasteiger partial charge in [0.25, 0.3) is 0 Å². The molecule has 0 aromatic heterocycles. The lowest BCUT2D eigenvalue weighted by Gasteiger charge is -2.10. The summed E-state index contributed by atoms with van der Waals surface area (Å²) in [6.45, 7) is 6.04.